The highest BCUT2D eigenvalue weighted by molar-refractivity contribution is 5.26. The third kappa shape index (κ3) is 1.84. The SMILES string of the molecule is C[C@@](N)(CO)c1c(F)cccc1F. The average Bonchev–Trinajstić information content (AvgIpc) is 2.03. The highest BCUT2D eigenvalue weighted by Crippen LogP contribution is 2.23. The van der Waals surface area contributed by atoms with Crippen LogP contribution in [0, 0.1) is 11.6 Å². The van der Waals surface area contributed by atoms with E-state index < -0.39 is 23.8 Å². The molecule has 2 nitrogen and oxygen atoms in total. The van der Waals surface area contributed by atoms with Crippen LogP contribution in [0.3, 0.4) is 0 Å². The fraction of sp³-hybridized carbons (Fsp3) is 0.333. The Morgan fingerprint density at radius 2 is 1.85 bits per heavy atom. The van der Waals surface area contributed by atoms with Crippen LogP contribution in [0.4, 0.5) is 8.78 Å². The molecule has 0 unspecified atom stereocenters. The molecule has 72 valence electrons. The van der Waals surface area contributed by atoms with Crippen LogP contribution in [0.15, 0.2) is 18.2 Å². The van der Waals surface area contributed by atoms with Crippen LogP contribution < -0.4 is 5.73 Å². The van der Waals surface area contributed by atoms with Gasteiger partial charge in [0.2, 0.25) is 0 Å². The van der Waals surface area contributed by atoms with Gasteiger partial charge in [-0.1, -0.05) is 6.07 Å². The minimum atomic E-state index is -1.38. The van der Waals surface area contributed by atoms with Crippen molar-refractivity contribution in [1.29, 1.82) is 0 Å². The van der Waals surface area contributed by atoms with Crippen molar-refractivity contribution in [3.63, 3.8) is 0 Å². The monoisotopic (exact) mass is 187 g/mol. The lowest BCUT2D eigenvalue weighted by molar-refractivity contribution is 0.202. The van der Waals surface area contributed by atoms with Crippen LogP contribution in [0.1, 0.15) is 12.5 Å². The summed E-state index contributed by atoms with van der Waals surface area (Å²) in [7, 11) is 0. The van der Waals surface area contributed by atoms with E-state index in [2.05, 4.69) is 0 Å². The Morgan fingerprint density at radius 1 is 1.38 bits per heavy atom. The maximum absolute atomic E-state index is 13.1. The molecule has 0 radical (unpaired) electrons. The molecule has 0 amide bonds. The number of hydrogen-bond donors (Lipinski definition) is 2. The van der Waals surface area contributed by atoms with E-state index in [0.717, 1.165) is 12.1 Å². The van der Waals surface area contributed by atoms with Gasteiger partial charge in [-0.25, -0.2) is 8.78 Å². The number of rotatable bonds is 2. The topological polar surface area (TPSA) is 46.2 Å². The van der Waals surface area contributed by atoms with E-state index in [1.54, 1.807) is 0 Å². The molecule has 3 N–H and O–H groups in total. The van der Waals surface area contributed by atoms with Crippen molar-refractivity contribution in [3.8, 4) is 0 Å². The van der Waals surface area contributed by atoms with E-state index in [4.69, 9.17) is 10.8 Å². The first-order valence-corrected chi connectivity index (χ1v) is 3.83. The van der Waals surface area contributed by atoms with E-state index in [1.165, 1.54) is 13.0 Å². The summed E-state index contributed by atoms with van der Waals surface area (Å²) in [6.07, 6.45) is 0. The maximum atomic E-state index is 13.1. The minimum Gasteiger partial charge on any atom is -0.394 e. The Morgan fingerprint density at radius 3 is 2.23 bits per heavy atom. The van der Waals surface area contributed by atoms with Crippen molar-refractivity contribution < 1.29 is 13.9 Å². The zero-order chi connectivity index (χ0) is 10.1. The summed E-state index contributed by atoms with van der Waals surface area (Å²) in [6, 6.07) is 3.47. The molecule has 0 heterocycles. The summed E-state index contributed by atoms with van der Waals surface area (Å²) < 4.78 is 26.2. The lowest BCUT2D eigenvalue weighted by Crippen LogP contribution is -2.38. The zero-order valence-corrected chi connectivity index (χ0v) is 7.22. The van der Waals surface area contributed by atoms with Crippen LogP contribution in [-0.4, -0.2) is 11.7 Å². The molecule has 1 aromatic carbocycles. The van der Waals surface area contributed by atoms with Crippen LogP contribution in [0.2, 0.25) is 0 Å². The molecular formula is C9H11F2NO. The summed E-state index contributed by atoms with van der Waals surface area (Å²) in [5.74, 6) is -1.47. The van der Waals surface area contributed by atoms with Crippen LogP contribution >= 0.6 is 0 Å². The van der Waals surface area contributed by atoms with Gasteiger partial charge in [0.25, 0.3) is 0 Å². The standard InChI is InChI=1S/C9H11F2NO/c1-9(12,5-13)8-6(10)3-2-4-7(8)11/h2-4,13H,5,12H2,1H3/t9-/m1/s1. The molecule has 0 aliphatic carbocycles. The Bertz CT molecular complexity index is 292. The van der Waals surface area contributed by atoms with Gasteiger partial charge in [-0.2, -0.15) is 0 Å². The molecule has 1 atom stereocenters. The summed E-state index contributed by atoms with van der Waals surface area (Å²) >= 11 is 0. The third-order valence-electron chi connectivity index (χ3n) is 1.86. The number of nitrogens with two attached hydrogens (primary N) is 1. The van der Waals surface area contributed by atoms with Gasteiger partial charge >= 0.3 is 0 Å². The minimum absolute atomic E-state index is 0.280. The lowest BCUT2D eigenvalue weighted by atomic mass is 9.93. The molecule has 0 spiro atoms. The van der Waals surface area contributed by atoms with Crippen LogP contribution in [0.25, 0.3) is 0 Å². The Balaban J connectivity index is 3.28. The molecule has 13 heavy (non-hydrogen) atoms. The van der Waals surface area contributed by atoms with Gasteiger partial charge in [-0.05, 0) is 19.1 Å². The summed E-state index contributed by atoms with van der Waals surface area (Å²) in [5.41, 5.74) is 3.85. The third-order valence-corrected chi connectivity index (χ3v) is 1.86. The number of benzene rings is 1. The van der Waals surface area contributed by atoms with Gasteiger partial charge in [-0.3, -0.25) is 0 Å². The van der Waals surface area contributed by atoms with E-state index in [1.807, 2.05) is 0 Å². The largest absolute Gasteiger partial charge is 0.394 e. The first-order valence-electron chi connectivity index (χ1n) is 3.83. The number of halogens is 2. The summed E-state index contributed by atoms with van der Waals surface area (Å²) in [4.78, 5) is 0. The predicted molar refractivity (Wildman–Crippen MR) is 45.0 cm³/mol. The Kier molecular flexibility index (Phi) is 2.63. The number of aliphatic hydroxyl groups is 1. The number of hydrogen-bond acceptors (Lipinski definition) is 2. The van der Waals surface area contributed by atoms with Crippen molar-refractivity contribution in [2.75, 3.05) is 6.61 Å². The molecule has 0 saturated carbocycles. The maximum Gasteiger partial charge on any atom is 0.131 e. The van der Waals surface area contributed by atoms with Crippen molar-refractivity contribution in [1.82, 2.24) is 0 Å². The van der Waals surface area contributed by atoms with Crippen molar-refractivity contribution in [3.05, 3.63) is 35.4 Å². The zero-order valence-electron chi connectivity index (χ0n) is 7.22. The van der Waals surface area contributed by atoms with Gasteiger partial charge in [0.05, 0.1) is 12.1 Å². The van der Waals surface area contributed by atoms with Crippen molar-refractivity contribution >= 4 is 0 Å². The normalized spacial score (nSPS) is 15.5. The van der Waals surface area contributed by atoms with E-state index in [9.17, 15) is 8.78 Å². The van der Waals surface area contributed by atoms with E-state index >= 15 is 0 Å². The molecule has 0 saturated heterocycles. The Hall–Kier alpha value is -1.00. The second kappa shape index (κ2) is 3.40. The van der Waals surface area contributed by atoms with Crippen LogP contribution in [-0.2, 0) is 5.54 Å². The molecule has 1 rings (SSSR count). The summed E-state index contributed by atoms with van der Waals surface area (Å²) in [6.45, 7) is 0.860. The molecule has 1 aromatic rings. The lowest BCUT2D eigenvalue weighted by Gasteiger charge is -2.23. The molecule has 4 heteroatoms. The smallest absolute Gasteiger partial charge is 0.131 e. The van der Waals surface area contributed by atoms with Gasteiger partial charge in [0.1, 0.15) is 11.6 Å². The predicted octanol–water partition coefficient (Wildman–Crippen LogP) is 1.13. The molecular weight excluding hydrogens is 176 g/mol. The van der Waals surface area contributed by atoms with E-state index in [0.29, 0.717) is 0 Å². The van der Waals surface area contributed by atoms with Crippen molar-refractivity contribution in [2.45, 2.75) is 12.5 Å². The average molecular weight is 187 g/mol. The molecule has 0 aliphatic rings. The number of aliphatic hydroxyl groups excluding tert-OH is 1. The van der Waals surface area contributed by atoms with Gasteiger partial charge < -0.3 is 10.8 Å². The first kappa shape index (κ1) is 10.1. The molecule has 0 aliphatic heterocycles. The first-order chi connectivity index (χ1) is 5.99. The highest BCUT2D eigenvalue weighted by Gasteiger charge is 2.27. The molecule has 0 fully saturated rings. The Labute approximate surface area is 75.0 Å². The molecule has 0 bridgehead atoms. The quantitative estimate of drug-likeness (QED) is 0.729. The van der Waals surface area contributed by atoms with Crippen LogP contribution in [0.5, 0.6) is 0 Å². The van der Waals surface area contributed by atoms with Crippen molar-refractivity contribution in [2.24, 2.45) is 5.73 Å². The highest BCUT2D eigenvalue weighted by atomic mass is 19.1. The second-order valence-electron chi connectivity index (χ2n) is 3.17. The van der Waals surface area contributed by atoms with Gasteiger partial charge in [0.15, 0.2) is 0 Å². The fourth-order valence-corrected chi connectivity index (χ4v) is 1.12. The van der Waals surface area contributed by atoms with Gasteiger partial charge in [-0.15, -0.1) is 0 Å². The van der Waals surface area contributed by atoms with E-state index in [-0.39, 0.29) is 5.56 Å². The second-order valence-corrected chi connectivity index (χ2v) is 3.17. The molecule has 0 aromatic heterocycles. The fourth-order valence-electron chi connectivity index (χ4n) is 1.12. The van der Waals surface area contributed by atoms with Gasteiger partial charge in [0, 0.05) is 5.56 Å². The summed E-state index contributed by atoms with van der Waals surface area (Å²) in [5, 5.41) is 8.84.